The van der Waals surface area contributed by atoms with Crippen LogP contribution in [0, 0.1) is 6.92 Å². The molecule has 27 heavy (non-hydrogen) atoms. The molecule has 2 aromatic heterocycles. The largest absolute Gasteiger partial charge is 0.326 e. The molecule has 0 saturated heterocycles. The van der Waals surface area contributed by atoms with E-state index >= 15 is 0 Å². The van der Waals surface area contributed by atoms with E-state index < -0.39 is 0 Å². The molecular weight excluding hydrogens is 381 g/mol. The van der Waals surface area contributed by atoms with E-state index in [1.54, 1.807) is 29.3 Å². The zero-order chi connectivity index (χ0) is 19.0. The van der Waals surface area contributed by atoms with Crippen LogP contribution in [0.1, 0.15) is 12.5 Å². The van der Waals surface area contributed by atoms with E-state index in [1.165, 1.54) is 5.56 Å². The van der Waals surface area contributed by atoms with E-state index in [-0.39, 0.29) is 0 Å². The number of aryl methyl sites for hydroxylation is 1. The van der Waals surface area contributed by atoms with Crippen molar-refractivity contribution in [3.05, 3.63) is 70.6 Å². The van der Waals surface area contributed by atoms with Gasteiger partial charge in [-0.2, -0.15) is 5.10 Å². The first kappa shape index (κ1) is 17.8. The monoisotopic (exact) mass is 397 g/mol. The molecule has 4 aromatic rings. The molecule has 0 N–H and O–H groups in total. The van der Waals surface area contributed by atoms with Crippen molar-refractivity contribution in [1.82, 2.24) is 19.7 Å². The van der Waals surface area contributed by atoms with Crippen LogP contribution in [0.2, 0.25) is 10.0 Å². The Morgan fingerprint density at radius 3 is 2.63 bits per heavy atom. The van der Waals surface area contributed by atoms with Gasteiger partial charge in [-0.3, -0.25) is 0 Å². The van der Waals surface area contributed by atoms with E-state index in [2.05, 4.69) is 52.0 Å². The molecule has 0 amide bonds. The number of benzene rings is 2. The second-order valence-electron chi connectivity index (χ2n) is 6.17. The van der Waals surface area contributed by atoms with Gasteiger partial charge < -0.3 is 4.90 Å². The highest BCUT2D eigenvalue weighted by Crippen LogP contribution is 2.31. The number of hydrogen-bond acceptors (Lipinski definition) is 4. The fourth-order valence-electron chi connectivity index (χ4n) is 3.10. The molecule has 2 aromatic carbocycles. The number of rotatable bonds is 4. The first-order chi connectivity index (χ1) is 13.1. The third kappa shape index (κ3) is 3.24. The summed E-state index contributed by atoms with van der Waals surface area (Å²) in [4.78, 5) is 11.1. The lowest BCUT2D eigenvalue weighted by Crippen LogP contribution is -2.18. The van der Waals surface area contributed by atoms with Crippen molar-refractivity contribution in [2.24, 2.45) is 0 Å². The minimum Gasteiger partial charge on any atom is -0.326 e. The second-order valence-corrected chi connectivity index (χ2v) is 6.99. The van der Waals surface area contributed by atoms with E-state index in [1.807, 2.05) is 12.1 Å². The van der Waals surface area contributed by atoms with Crippen LogP contribution >= 0.6 is 23.2 Å². The van der Waals surface area contributed by atoms with Crippen molar-refractivity contribution < 1.29 is 0 Å². The summed E-state index contributed by atoms with van der Waals surface area (Å²) in [5.41, 5.74) is 3.79. The van der Waals surface area contributed by atoms with Gasteiger partial charge in [0.15, 0.2) is 5.65 Å². The topological polar surface area (TPSA) is 46.8 Å². The number of aromatic nitrogens is 4. The molecule has 2 heterocycles. The molecule has 4 rings (SSSR count). The normalized spacial score (nSPS) is 11.1. The van der Waals surface area contributed by atoms with Crippen LogP contribution in [0.3, 0.4) is 0 Å². The quantitative estimate of drug-likeness (QED) is 0.450. The maximum atomic E-state index is 6.17. The summed E-state index contributed by atoms with van der Waals surface area (Å²) in [5.74, 6) is 0.819. The lowest BCUT2D eigenvalue weighted by atomic mass is 10.2. The van der Waals surface area contributed by atoms with E-state index in [4.69, 9.17) is 23.2 Å². The zero-order valence-corrected chi connectivity index (χ0v) is 16.4. The Kier molecular flexibility index (Phi) is 4.72. The van der Waals surface area contributed by atoms with Gasteiger partial charge in [-0.05, 0) is 49.7 Å². The first-order valence-corrected chi connectivity index (χ1v) is 9.32. The van der Waals surface area contributed by atoms with Crippen molar-refractivity contribution in [2.75, 3.05) is 11.4 Å². The molecule has 0 fully saturated rings. The van der Waals surface area contributed by atoms with Gasteiger partial charge in [0.2, 0.25) is 0 Å². The van der Waals surface area contributed by atoms with Gasteiger partial charge >= 0.3 is 0 Å². The van der Waals surface area contributed by atoms with Gasteiger partial charge in [-0.15, -0.1) is 0 Å². The van der Waals surface area contributed by atoms with Crippen molar-refractivity contribution in [2.45, 2.75) is 13.8 Å². The average molecular weight is 398 g/mol. The Morgan fingerprint density at radius 2 is 1.89 bits per heavy atom. The minimum atomic E-state index is 0.474. The standard InChI is InChI=1S/C20H17Cl2N5/c1-3-26(14-6-4-5-13(2)9-14)19-16-11-25-27(20(16)24-12-23-19)15-7-8-17(21)18(22)10-15/h4-12H,3H2,1-2H3. The van der Waals surface area contributed by atoms with Crippen LogP contribution in [0.5, 0.6) is 0 Å². The Morgan fingerprint density at radius 1 is 1.04 bits per heavy atom. The Hall–Kier alpha value is -2.63. The number of halogens is 2. The van der Waals surface area contributed by atoms with Crippen molar-refractivity contribution in [3.8, 4) is 5.69 Å². The van der Waals surface area contributed by atoms with Crippen LogP contribution in [-0.4, -0.2) is 26.3 Å². The minimum absolute atomic E-state index is 0.474. The summed E-state index contributed by atoms with van der Waals surface area (Å²) in [6.07, 6.45) is 3.34. The average Bonchev–Trinajstić information content (AvgIpc) is 3.10. The van der Waals surface area contributed by atoms with Gasteiger partial charge in [0, 0.05) is 12.2 Å². The molecule has 0 aliphatic carbocycles. The van der Waals surface area contributed by atoms with Crippen molar-refractivity contribution in [1.29, 1.82) is 0 Å². The first-order valence-electron chi connectivity index (χ1n) is 8.57. The molecule has 0 radical (unpaired) electrons. The molecule has 0 aliphatic heterocycles. The Balaban J connectivity index is 1.86. The zero-order valence-electron chi connectivity index (χ0n) is 14.9. The molecule has 5 nitrogen and oxygen atoms in total. The Bertz CT molecular complexity index is 1120. The van der Waals surface area contributed by atoms with Crippen molar-refractivity contribution >= 4 is 45.7 Å². The molecule has 0 atom stereocenters. The van der Waals surface area contributed by atoms with E-state index in [0.717, 1.165) is 29.1 Å². The van der Waals surface area contributed by atoms with Gasteiger partial charge in [0.1, 0.15) is 12.1 Å². The predicted molar refractivity (Wildman–Crippen MR) is 111 cm³/mol. The summed E-state index contributed by atoms with van der Waals surface area (Å²) < 4.78 is 1.74. The summed E-state index contributed by atoms with van der Waals surface area (Å²) in [6.45, 7) is 4.95. The summed E-state index contributed by atoms with van der Waals surface area (Å²) in [5, 5.41) is 6.36. The SMILES string of the molecule is CCN(c1cccc(C)c1)c1ncnc2c1cnn2-c1ccc(Cl)c(Cl)c1. The van der Waals surface area contributed by atoms with E-state index in [9.17, 15) is 0 Å². The fraction of sp³-hybridized carbons (Fsp3) is 0.150. The van der Waals surface area contributed by atoms with Crippen LogP contribution < -0.4 is 4.90 Å². The van der Waals surface area contributed by atoms with Gasteiger partial charge in [0.05, 0.1) is 27.3 Å². The molecule has 7 heteroatoms. The third-order valence-corrected chi connectivity index (χ3v) is 5.12. The maximum Gasteiger partial charge on any atom is 0.168 e. The highest BCUT2D eigenvalue weighted by molar-refractivity contribution is 6.42. The fourth-order valence-corrected chi connectivity index (χ4v) is 3.40. The summed E-state index contributed by atoms with van der Waals surface area (Å²) >= 11 is 12.2. The smallest absolute Gasteiger partial charge is 0.168 e. The number of fused-ring (bicyclic) bond motifs is 1. The number of anilines is 2. The van der Waals surface area contributed by atoms with Gasteiger partial charge in [0.25, 0.3) is 0 Å². The second kappa shape index (κ2) is 7.18. The van der Waals surface area contributed by atoms with Crippen LogP contribution in [0.25, 0.3) is 16.7 Å². The lowest BCUT2D eigenvalue weighted by molar-refractivity contribution is 0.894. The highest BCUT2D eigenvalue weighted by Gasteiger charge is 2.17. The summed E-state index contributed by atoms with van der Waals surface area (Å²) in [7, 11) is 0. The predicted octanol–water partition coefficient (Wildman–Crippen LogP) is 5.59. The van der Waals surface area contributed by atoms with Crippen LogP contribution in [0.4, 0.5) is 11.5 Å². The van der Waals surface area contributed by atoms with Gasteiger partial charge in [-0.1, -0.05) is 35.3 Å². The number of hydrogen-bond donors (Lipinski definition) is 0. The van der Waals surface area contributed by atoms with E-state index in [0.29, 0.717) is 15.7 Å². The van der Waals surface area contributed by atoms with Gasteiger partial charge in [-0.25, -0.2) is 14.6 Å². The maximum absolute atomic E-state index is 6.17. The molecule has 0 saturated carbocycles. The molecular formula is C20H17Cl2N5. The van der Waals surface area contributed by atoms with Crippen LogP contribution in [0.15, 0.2) is 55.0 Å². The van der Waals surface area contributed by atoms with Crippen molar-refractivity contribution in [3.63, 3.8) is 0 Å². The molecule has 0 aliphatic rings. The molecule has 136 valence electrons. The molecule has 0 bridgehead atoms. The molecule has 0 unspecified atom stereocenters. The van der Waals surface area contributed by atoms with Crippen LogP contribution in [-0.2, 0) is 0 Å². The Labute approximate surface area is 167 Å². The summed E-state index contributed by atoms with van der Waals surface area (Å²) in [6, 6.07) is 13.7. The highest BCUT2D eigenvalue weighted by atomic mass is 35.5. The third-order valence-electron chi connectivity index (χ3n) is 4.38. The lowest BCUT2D eigenvalue weighted by Gasteiger charge is -2.22. The number of nitrogens with zero attached hydrogens (tertiary/aromatic N) is 5. The molecule has 0 spiro atoms.